The molecule has 0 radical (unpaired) electrons. The van der Waals surface area contributed by atoms with Crippen molar-refractivity contribution in [3.8, 4) is 22.6 Å². The lowest BCUT2D eigenvalue weighted by molar-refractivity contribution is 1.31. The van der Waals surface area contributed by atoms with Crippen LogP contribution in [0, 0.1) is 0 Å². The van der Waals surface area contributed by atoms with Gasteiger partial charge < -0.3 is 10.3 Å². The van der Waals surface area contributed by atoms with E-state index >= 15 is 0 Å². The molecular formula is C16H14BrN3. The Morgan fingerprint density at radius 2 is 1.85 bits per heavy atom. The third kappa shape index (κ3) is 2.60. The SMILES string of the molecule is CNc1cccc(-c2ncc(-c3ccc(Br)cc3)[nH]2)c1. The summed E-state index contributed by atoms with van der Waals surface area (Å²) in [4.78, 5) is 7.83. The van der Waals surface area contributed by atoms with Crippen molar-refractivity contribution in [1.82, 2.24) is 9.97 Å². The molecule has 20 heavy (non-hydrogen) atoms. The summed E-state index contributed by atoms with van der Waals surface area (Å²) in [5.41, 5.74) is 4.28. The summed E-state index contributed by atoms with van der Waals surface area (Å²) in [6.45, 7) is 0. The summed E-state index contributed by atoms with van der Waals surface area (Å²) in [6.07, 6.45) is 1.87. The number of anilines is 1. The topological polar surface area (TPSA) is 40.7 Å². The number of imidazole rings is 1. The maximum atomic E-state index is 4.47. The Hall–Kier alpha value is -2.07. The second-order valence-corrected chi connectivity index (χ2v) is 5.40. The molecule has 4 heteroatoms. The number of nitrogens with zero attached hydrogens (tertiary/aromatic N) is 1. The summed E-state index contributed by atoms with van der Waals surface area (Å²) in [5.74, 6) is 0.875. The van der Waals surface area contributed by atoms with E-state index in [4.69, 9.17) is 0 Å². The Labute approximate surface area is 126 Å². The van der Waals surface area contributed by atoms with Crippen molar-refractivity contribution in [1.29, 1.82) is 0 Å². The maximum absolute atomic E-state index is 4.47. The van der Waals surface area contributed by atoms with Crippen LogP contribution in [0.15, 0.2) is 59.2 Å². The van der Waals surface area contributed by atoms with E-state index in [0.717, 1.165) is 32.8 Å². The number of H-pyrrole nitrogens is 1. The molecule has 1 heterocycles. The molecule has 0 amide bonds. The molecule has 3 rings (SSSR count). The number of hydrogen-bond acceptors (Lipinski definition) is 2. The highest BCUT2D eigenvalue weighted by atomic mass is 79.9. The van der Waals surface area contributed by atoms with Gasteiger partial charge in [0.05, 0.1) is 11.9 Å². The first-order chi connectivity index (χ1) is 9.76. The molecule has 0 atom stereocenters. The van der Waals surface area contributed by atoms with Crippen molar-refractivity contribution in [2.45, 2.75) is 0 Å². The average molecular weight is 328 g/mol. The third-order valence-corrected chi connectivity index (χ3v) is 3.68. The second-order valence-electron chi connectivity index (χ2n) is 4.48. The number of nitrogens with one attached hydrogen (secondary N) is 2. The highest BCUT2D eigenvalue weighted by molar-refractivity contribution is 9.10. The van der Waals surface area contributed by atoms with Gasteiger partial charge in [0.25, 0.3) is 0 Å². The summed E-state index contributed by atoms with van der Waals surface area (Å²) >= 11 is 3.44. The van der Waals surface area contributed by atoms with Gasteiger partial charge in [0.2, 0.25) is 0 Å². The lowest BCUT2D eigenvalue weighted by Gasteiger charge is -2.02. The Kier molecular flexibility index (Phi) is 3.56. The van der Waals surface area contributed by atoms with Gasteiger partial charge in [0.15, 0.2) is 0 Å². The van der Waals surface area contributed by atoms with Crippen molar-refractivity contribution in [3.05, 3.63) is 59.2 Å². The van der Waals surface area contributed by atoms with E-state index in [-0.39, 0.29) is 0 Å². The van der Waals surface area contributed by atoms with Crippen molar-refractivity contribution < 1.29 is 0 Å². The van der Waals surface area contributed by atoms with Crippen LogP contribution in [0.4, 0.5) is 5.69 Å². The number of aromatic amines is 1. The van der Waals surface area contributed by atoms with E-state index in [1.54, 1.807) is 0 Å². The van der Waals surface area contributed by atoms with Crippen molar-refractivity contribution >= 4 is 21.6 Å². The van der Waals surface area contributed by atoms with E-state index < -0.39 is 0 Å². The zero-order valence-corrected chi connectivity index (χ0v) is 12.6. The number of halogens is 1. The van der Waals surface area contributed by atoms with Gasteiger partial charge in [-0.05, 0) is 29.8 Å². The van der Waals surface area contributed by atoms with Crippen LogP contribution < -0.4 is 5.32 Å². The van der Waals surface area contributed by atoms with Crippen LogP contribution in [0.1, 0.15) is 0 Å². The predicted octanol–water partition coefficient (Wildman–Crippen LogP) is 4.55. The molecule has 0 unspecified atom stereocenters. The second kappa shape index (κ2) is 5.51. The molecule has 0 spiro atoms. The zero-order chi connectivity index (χ0) is 13.9. The van der Waals surface area contributed by atoms with Gasteiger partial charge in [-0.25, -0.2) is 4.98 Å². The molecule has 0 saturated heterocycles. The van der Waals surface area contributed by atoms with E-state index in [2.05, 4.69) is 49.4 Å². The molecule has 0 bridgehead atoms. The first-order valence-electron chi connectivity index (χ1n) is 6.35. The van der Waals surface area contributed by atoms with Crippen LogP contribution >= 0.6 is 15.9 Å². The first kappa shape index (κ1) is 12.9. The fourth-order valence-corrected chi connectivity index (χ4v) is 2.33. The molecular weight excluding hydrogens is 314 g/mol. The molecule has 0 fully saturated rings. The molecule has 0 aliphatic heterocycles. The average Bonchev–Trinajstić information content (AvgIpc) is 2.98. The van der Waals surface area contributed by atoms with E-state index in [0.29, 0.717) is 0 Å². The van der Waals surface area contributed by atoms with E-state index in [1.165, 1.54) is 0 Å². The minimum atomic E-state index is 0.875. The molecule has 0 aliphatic carbocycles. The van der Waals surface area contributed by atoms with Gasteiger partial charge in [-0.15, -0.1) is 0 Å². The van der Waals surface area contributed by atoms with Crippen LogP contribution in [-0.4, -0.2) is 17.0 Å². The van der Waals surface area contributed by atoms with Crippen molar-refractivity contribution in [2.24, 2.45) is 0 Å². The Balaban J connectivity index is 1.95. The van der Waals surface area contributed by atoms with Crippen LogP contribution in [0.3, 0.4) is 0 Å². The summed E-state index contributed by atoms with van der Waals surface area (Å²) in [5, 5.41) is 3.13. The third-order valence-electron chi connectivity index (χ3n) is 3.16. The van der Waals surface area contributed by atoms with Gasteiger partial charge in [-0.3, -0.25) is 0 Å². The summed E-state index contributed by atoms with van der Waals surface area (Å²) in [7, 11) is 1.91. The van der Waals surface area contributed by atoms with Gasteiger partial charge in [0.1, 0.15) is 5.82 Å². The predicted molar refractivity (Wildman–Crippen MR) is 86.7 cm³/mol. The Morgan fingerprint density at radius 3 is 2.60 bits per heavy atom. The first-order valence-corrected chi connectivity index (χ1v) is 7.15. The highest BCUT2D eigenvalue weighted by Crippen LogP contribution is 2.24. The number of aromatic nitrogens is 2. The van der Waals surface area contributed by atoms with E-state index in [1.807, 2.05) is 43.6 Å². The van der Waals surface area contributed by atoms with Gasteiger partial charge in [0, 0.05) is 22.8 Å². The van der Waals surface area contributed by atoms with Crippen LogP contribution in [-0.2, 0) is 0 Å². The molecule has 3 aromatic rings. The fourth-order valence-electron chi connectivity index (χ4n) is 2.07. The molecule has 2 N–H and O–H groups in total. The molecule has 1 aromatic heterocycles. The monoisotopic (exact) mass is 327 g/mol. The Morgan fingerprint density at radius 1 is 1.05 bits per heavy atom. The van der Waals surface area contributed by atoms with Crippen molar-refractivity contribution in [3.63, 3.8) is 0 Å². The number of rotatable bonds is 3. The molecule has 100 valence electrons. The lowest BCUT2D eigenvalue weighted by atomic mass is 10.2. The number of benzene rings is 2. The quantitative estimate of drug-likeness (QED) is 0.741. The lowest BCUT2D eigenvalue weighted by Crippen LogP contribution is -1.88. The van der Waals surface area contributed by atoms with Gasteiger partial charge in [-0.2, -0.15) is 0 Å². The normalized spacial score (nSPS) is 10.5. The van der Waals surface area contributed by atoms with Gasteiger partial charge in [-0.1, -0.05) is 40.2 Å². The Bertz CT molecular complexity index is 717. The minimum Gasteiger partial charge on any atom is -0.388 e. The standard InChI is InChI=1S/C16H14BrN3/c1-18-14-4-2-3-12(9-14)16-19-10-15(20-16)11-5-7-13(17)8-6-11/h2-10,18H,1H3,(H,19,20). The minimum absolute atomic E-state index is 0.875. The van der Waals surface area contributed by atoms with Crippen LogP contribution in [0.5, 0.6) is 0 Å². The van der Waals surface area contributed by atoms with Crippen LogP contribution in [0.25, 0.3) is 22.6 Å². The molecule has 0 saturated carbocycles. The summed E-state index contributed by atoms with van der Waals surface area (Å²) in [6, 6.07) is 16.3. The van der Waals surface area contributed by atoms with Gasteiger partial charge >= 0.3 is 0 Å². The largest absolute Gasteiger partial charge is 0.388 e. The molecule has 0 aliphatic rings. The maximum Gasteiger partial charge on any atom is 0.137 e. The van der Waals surface area contributed by atoms with Crippen molar-refractivity contribution in [2.75, 3.05) is 12.4 Å². The van der Waals surface area contributed by atoms with E-state index in [9.17, 15) is 0 Å². The molecule has 3 nitrogen and oxygen atoms in total. The zero-order valence-electron chi connectivity index (χ0n) is 11.0. The van der Waals surface area contributed by atoms with Crippen LogP contribution in [0.2, 0.25) is 0 Å². The fraction of sp³-hybridized carbons (Fsp3) is 0.0625. The number of hydrogen-bond donors (Lipinski definition) is 2. The smallest absolute Gasteiger partial charge is 0.137 e. The molecule has 2 aromatic carbocycles. The highest BCUT2D eigenvalue weighted by Gasteiger charge is 2.05. The summed E-state index contributed by atoms with van der Waals surface area (Å²) < 4.78 is 1.07.